The van der Waals surface area contributed by atoms with E-state index >= 15 is 0 Å². The van der Waals surface area contributed by atoms with Gasteiger partial charge in [-0.1, -0.05) is 0 Å². The third-order valence-corrected chi connectivity index (χ3v) is 6.81. The number of nitrogens with zero attached hydrogens (tertiary/aromatic N) is 4. The molecule has 9 nitrogen and oxygen atoms in total. The Morgan fingerprint density at radius 3 is 2.61 bits per heavy atom. The van der Waals surface area contributed by atoms with Gasteiger partial charge < -0.3 is 15.7 Å². The second kappa shape index (κ2) is 10.5. The molecule has 1 aliphatic rings. The Labute approximate surface area is 210 Å². The molecule has 9 heteroatoms. The first-order chi connectivity index (χ1) is 17.2. The molecule has 0 bridgehead atoms. The Balaban J connectivity index is 1.58. The van der Waals surface area contributed by atoms with E-state index in [4.69, 9.17) is 5.26 Å². The summed E-state index contributed by atoms with van der Waals surface area (Å²) in [5.74, 6) is 0.470. The lowest BCUT2D eigenvalue weighted by Gasteiger charge is -2.28. The van der Waals surface area contributed by atoms with E-state index in [1.807, 2.05) is 22.9 Å². The number of aromatic nitrogens is 3. The van der Waals surface area contributed by atoms with Crippen molar-refractivity contribution in [1.82, 2.24) is 25.2 Å². The lowest BCUT2D eigenvalue weighted by molar-refractivity contribution is -0.125. The average molecular weight is 489 g/mol. The van der Waals surface area contributed by atoms with Crippen LogP contribution >= 0.6 is 0 Å². The maximum absolute atomic E-state index is 13.3. The molecule has 3 N–H and O–H groups in total. The van der Waals surface area contributed by atoms with Gasteiger partial charge in [0.15, 0.2) is 0 Å². The first-order valence-corrected chi connectivity index (χ1v) is 12.3. The number of hydrogen-bond acceptors (Lipinski definition) is 6. The number of pyridine rings is 2. The quantitative estimate of drug-likeness (QED) is 0.468. The van der Waals surface area contributed by atoms with Crippen molar-refractivity contribution in [2.75, 3.05) is 7.05 Å². The van der Waals surface area contributed by atoms with E-state index in [1.165, 1.54) is 6.20 Å². The van der Waals surface area contributed by atoms with Gasteiger partial charge in [-0.15, -0.1) is 0 Å². The Hall–Kier alpha value is -3.77. The minimum atomic E-state index is -0.884. The molecule has 36 heavy (non-hydrogen) atoms. The number of nitrogens with one attached hydrogen (secondary N) is 2. The van der Waals surface area contributed by atoms with Crippen LogP contribution < -0.4 is 10.6 Å². The molecule has 0 atom stereocenters. The number of amides is 2. The van der Waals surface area contributed by atoms with Crippen molar-refractivity contribution in [3.8, 4) is 11.9 Å². The summed E-state index contributed by atoms with van der Waals surface area (Å²) in [4.78, 5) is 34.2. The summed E-state index contributed by atoms with van der Waals surface area (Å²) in [7, 11) is 1.65. The van der Waals surface area contributed by atoms with Crippen LogP contribution in [-0.2, 0) is 11.2 Å². The summed E-state index contributed by atoms with van der Waals surface area (Å²) in [5.41, 5.74) is 1.53. The van der Waals surface area contributed by atoms with Crippen LogP contribution in [0.25, 0.3) is 16.9 Å². The maximum Gasteiger partial charge on any atom is 0.253 e. The van der Waals surface area contributed by atoms with Gasteiger partial charge in [-0.2, -0.15) is 5.26 Å². The summed E-state index contributed by atoms with van der Waals surface area (Å²) in [5, 5.41) is 26.1. The molecule has 0 radical (unpaired) electrons. The zero-order valence-electron chi connectivity index (χ0n) is 20.9. The molecule has 0 unspecified atom stereocenters. The van der Waals surface area contributed by atoms with Crippen LogP contribution in [0, 0.1) is 17.2 Å². The summed E-state index contributed by atoms with van der Waals surface area (Å²) < 4.78 is 1.83. The average Bonchev–Trinajstić information content (AvgIpc) is 3.30. The highest BCUT2D eigenvalue weighted by molar-refractivity contribution is 5.96. The van der Waals surface area contributed by atoms with Gasteiger partial charge in [0, 0.05) is 43.0 Å². The second-order valence-electron chi connectivity index (χ2n) is 10.1. The number of nitriles is 1. The monoisotopic (exact) mass is 488 g/mol. The van der Waals surface area contributed by atoms with Crippen LogP contribution in [-0.4, -0.2) is 50.1 Å². The fourth-order valence-electron chi connectivity index (χ4n) is 4.71. The molecule has 1 saturated carbocycles. The summed E-state index contributed by atoms with van der Waals surface area (Å²) >= 11 is 0. The van der Waals surface area contributed by atoms with Crippen molar-refractivity contribution in [2.45, 2.75) is 64.0 Å². The first-order valence-electron chi connectivity index (χ1n) is 12.3. The topological polar surface area (TPSA) is 133 Å². The van der Waals surface area contributed by atoms with Gasteiger partial charge in [-0.3, -0.25) is 14.2 Å². The van der Waals surface area contributed by atoms with Gasteiger partial charge in [0.25, 0.3) is 5.91 Å². The van der Waals surface area contributed by atoms with Gasteiger partial charge in [-0.05, 0) is 76.1 Å². The molecular weight excluding hydrogens is 456 g/mol. The van der Waals surface area contributed by atoms with E-state index in [9.17, 15) is 14.7 Å². The fourth-order valence-corrected chi connectivity index (χ4v) is 4.71. The molecule has 1 aliphatic carbocycles. The summed E-state index contributed by atoms with van der Waals surface area (Å²) in [6, 6.07) is 7.61. The van der Waals surface area contributed by atoms with Crippen molar-refractivity contribution >= 4 is 22.8 Å². The number of rotatable bonds is 7. The van der Waals surface area contributed by atoms with Crippen molar-refractivity contribution in [2.24, 2.45) is 5.92 Å². The molecule has 0 aromatic carbocycles. The number of carbonyl (C=O) groups is 2. The molecule has 2 amide bonds. The molecule has 3 heterocycles. The predicted molar refractivity (Wildman–Crippen MR) is 135 cm³/mol. The molecule has 3 aromatic heterocycles. The van der Waals surface area contributed by atoms with Crippen LogP contribution in [0.2, 0.25) is 0 Å². The van der Waals surface area contributed by atoms with E-state index < -0.39 is 5.60 Å². The third-order valence-electron chi connectivity index (χ3n) is 6.81. The van der Waals surface area contributed by atoms with Gasteiger partial charge in [0.05, 0.1) is 16.7 Å². The Morgan fingerprint density at radius 2 is 1.94 bits per heavy atom. The van der Waals surface area contributed by atoms with E-state index in [0.29, 0.717) is 35.4 Å². The highest BCUT2D eigenvalue weighted by Crippen LogP contribution is 2.26. The van der Waals surface area contributed by atoms with Gasteiger partial charge >= 0.3 is 0 Å². The van der Waals surface area contributed by atoms with Crippen molar-refractivity contribution in [3.05, 3.63) is 53.5 Å². The van der Waals surface area contributed by atoms with Crippen LogP contribution in [0.1, 0.15) is 67.4 Å². The van der Waals surface area contributed by atoms with Crippen LogP contribution in [0.3, 0.4) is 0 Å². The number of carbonyl (C=O) groups excluding carboxylic acids is 2. The Bertz CT molecular complexity index is 1310. The number of fused-ring (bicyclic) bond motifs is 1. The second-order valence-corrected chi connectivity index (χ2v) is 10.1. The normalized spacial score (nSPS) is 18.0. The smallest absolute Gasteiger partial charge is 0.253 e. The minimum Gasteiger partial charge on any atom is -0.390 e. The lowest BCUT2D eigenvalue weighted by Crippen LogP contribution is -2.40. The van der Waals surface area contributed by atoms with Crippen molar-refractivity contribution in [1.29, 1.82) is 5.26 Å². The van der Waals surface area contributed by atoms with Crippen molar-refractivity contribution < 1.29 is 14.7 Å². The zero-order chi connectivity index (χ0) is 25.9. The molecule has 0 saturated heterocycles. The predicted octanol–water partition coefficient (Wildman–Crippen LogP) is 3.03. The molecule has 1 fully saturated rings. The maximum atomic E-state index is 13.3. The highest BCUT2D eigenvalue weighted by Gasteiger charge is 2.27. The largest absolute Gasteiger partial charge is 0.390 e. The van der Waals surface area contributed by atoms with E-state index in [-0.39, 0.29) is 23.8 Å². The van der Waals surface area contributed by atoms with Gasteiger partial charge in [0.1, 0.15) is 17.5 Å². The molecule has 0 aliphatic heterocycles. The zero-order valence-corrected chi connectivity index (χ0v) is 20.9. The third kappa shape index (κ3) is 5.71. The summed E-state index contributed by atoms with van der Waals surface area (Å²) in [6.07, 6.45) is 8.90. The SMILES string of the molecule is CNC(=O)C1CCC(NC(=O)c2cnc(-n3ccc4cc(C#N)cnc43)cc2CCC(C)(C)O)CC1. The fraction of sp³-hybridized carbons (Fsp3) is 0.444. The van der Waals surface area contributed by atoms with Crippen LogP contribution in [0.5, 0.6) is 0 Å². The molecule has 0 spiro atoms. The Morgan fingerprint density at radius 1 is 1.19 bits per heavy atom. The van der Waals surface area contributed by atoms with E-state index in [2.05, 4.69) is 26.7 Å². The van der Waals surface area contributed by atoms with Gasteiger partial charge in [0.2, 0.25) is 5.91 Å². The molecule has 188 valence electrons. The number of aliphatic hydroxyl groups is 1. The number of hydrogen-bond donors (Lipinski definition) is 3. The van der Waals surface area contributed by atoms with Crippen LogP contribution in [0.4, 0.5) is 0 Å². The van der Waals surface area contributed by atoms with E-state index in [1.54, 1.807) is 33.2 Å². The number of aryl methyl sites for hydroxylation is 1. The molecule has 3 aromatic rings. The van der Waals surface area contributed by atoms with Gasteiger partial charge in [-0.25, -0.2) is 9.97 Å². The molecular formula is C27H32N6O3. The molecule has 4 rings (SSSR count). The standard InChI is InChI=1S/C27H32N6O3/c1-27(2,36)10-8-19-13-23(33-11-9-20-12-17(14-28)15-31-24(20)33)30-16-22(19)26(35)32-21-6-4-18(5-7-21)25(34)29-3/h9,11-13,15-16,18,21,36H,4-8,10H2,1-3H3,(H,29,34)(H,32,35). The Kier molecular flexibility index (Phi) is 7.36. The van der Waals surface area contributed by atoms with Crippen LogP contribution in [0.15, 0.2) is 36.8 Å². The van der Waals surface area contributed by atoms with Crippen molar-refractivity contribution in [3.63, 3.8) is 0 Å². The highest BCUT2D eigenvalue weighted by atomic mass is 16.3. The summed E-state index contributed by atoms with van der Waals surface area (Å²) in [6.45, 7) is 3.49. The lowest BCUT2D eigenvalue weighted by atomic mass is 9.85. The van der Waals surface area contributed by atoms with E-state index in [0.717, 1.165) is 36.6 Å². The first kappa shape index (κ1) is 25.3. The minimum absolute atomic E-state index is 0.000639.